The fraction of sp³-hybridized carbons (Fsp3) is 0.188. The van der Waals surface area contributed by atoms with Crippen LogP contribution >= 0.6 is 22.9 Å². The van der Waals surface area contributed by atoms with Crippen LogP contribution in [-0.4, -0.2) is 22.4 Å². The number of hydrogen-bond acceptors (Lipinski definition) is 5. The van der Waals surface area contributed by atoms with Crippen molar-refractivity contribution in [1.29, 1.82) is 5.26 Å². The standard InChI is InChI=1S/C16H12ClN3O2S/c1-10-12-8-14(16(21)22-7-6-18)23-15(12)20(19-10)9-11-4-2-3-5-13(11)17/h2-5,8H,7,9H2,1H3. The first-order valence-corrected chi connectivity index (χ1v) is 8.04. The lowest BCUT2D eigenvalue weighted by Gasteiger charge is -2.04. The average Bonchev–Trinajstić information content (AvgIpc) is 3.09. The number of nitriles is 1. The van der Waals surface area contributed by atoms with E-state index in [4.69, 9.17) is 21.6 Å². The molecule has 23 heavy (non-hydrogen) atoms. The summed E-state index contributed by atoms with van der Waals surface area (Å²) in [5, 5.41) is 14.6. The van der Waals surface area contributed by atoms with Gasteiger partial charge in [0.2, 0.25) is 0 Å². The molecule has 116 valence electrons. The van der Waals surface area contributed by atoms with E-state index >= 15 is 0 Å². The summed E-state index contributed by atoms with van der Waals surface area (Å²) in [7, 11) is 0. The highest BCUT2D eigenvalue weighted by atomic mass is 35.5. The van der Waals surface area contributed by atoms with Gasteiger partial charge in [-0.15, -0.1) is 11.3 Å². The third kappa shape index (κ3) is 3.07. The van der Waals surface area contributed by atoms with Crippen LogP contribution in [0.4, 0.5) is 0 Å². The Balaban J connectivity index is 1.96. The van der Waals surface area contributed by atoms with Crippen molar-refractivity contribution >= 4 is 39.1 Å². The SMILES string of the molecule is Cc1nn(Cc2ccccc2Cl)c2sc(C(=O)OCC#N)cc12. The molecular formula is C16H12ClN3O2S. The van der Waals surface area contributed by atoms with Gasteiger partial charge < -0.3 is 4.74 Å². The number of hydrogen-bond donors (Lipinski definition) is 0. The molecule has 1 aromatic carbocycles. The molecule has 0 amide bonds. The molecule has 0 aliphatic rings. The predicted octanol–water partition coefficient (Wildman–Crippen LogP) is 3.79. The van der Waals surface area contributed by atoms with Gasteiger partial charge >= 0.3 is 5.97 Å². The molecule has 0 saturated heterocycles. The van der Waals surface area contributed by atoms with Crippen molar-refractivity contribution in [2.75, 3.05) is 6.61 Å². The molecular weight excluding hydrogens is 334 g/mol. The van der Waals surface area contributed by atoms with Crippen molar-refractivity contribution < 1.29 is 9.53 Å². The first kappa shape index (κ1) is 15.5. The van der Waals surface area contributed by atoms with Gasteiger partial charge in [0, 0.05) is 10.4 Å². The molecule has 0 bridgehead atoms. The van der Waals surface area contributed by atoms with E-state index in [-0.39, 0.29) is 6.61 Å². The topological polar surface area (TPSA) is 67.9 Å². The number of benzene rings is 1. The number of thiophene rings is 1. The Morgan fingerprint density at radius 3 is 3.00 bits per heavy atom. The molecule has 0 radical (unpaired) electrons. The maximum Gasteiger partial charge on any atom is 0.349 e. The minimum absolute atomic E-state index is 0.252. The van der Waals surface area contributed by atoms with Gasteiger partial charge in [-0.2, -0.15) is 10.4 Å². The number of ether oxygens (including phenoxy) is 1. The lowest BCUT2D eigenvalue weighted by atomic mass is 10.2. The number of aromatic nitrogens is 2. The second-order valence-corrected chi connectivity index (χ2v) is 6.34. The summed E-state index contributed by atoms with van der Waals surface area (Å²) in [5.41, 5.74) is 1.79. The first-order chi connectivity index (χ1) is 11.1. The zero-order valence-electron chi connectivity index (χ0n) is 12.2. The van der Waals surface area contributed by atoms with Gasteiger partial charge in [0.25, 0.3) is 0 Å². The third-order valence-electron chi connectivity index (χ3n) is 3.35. The van der Waals surface area contributed by atoms with Crippen LogP contribution in [0, 0.1) is 18.3 Å². The van der Waals surface area contributed by atoms with Crippen LogP contribution in [0.3, 0.4) is 0 Å². The van der Waals surface area contributed by atoms with Crippen LogP contribution in [-0.2, 0) is 11.3 Å². The van der Waals surface area contributed by atoms with E-state index in [0.29, 0.717) is 16.4 Å². The van der Waals surface area contributed by atoms with E-state index < -0.39 is 5.97 Å². The Morgan fingerprint density at radius 2 is 2.26 bits per heavy atom. The van der Waals surface area contributed by atoms with Gasteiger partial charge in [-0.05, 0) is 24.6 Å². The number of esters is 1. The molecule has 0 saturated carbocycles. The Kier molecular flexibility index (Phi) is 4.33. The predicted molar refractivity (Wildman–Crippen MR) is 88.8 cm³/mol. The molecule has 0 unspecified atom stereocenters. The molecule has 2 aromatic heterocycles. The number of nitrogens with zero attached hydrogens (tertiary/aromatic N) is 3. The molecule has 2 heterocycles. The van der Waals surface area contributed by atoms with E-state index in [1.54, 1.807) is 12.1 Å². The normalized spacial score (nSPS) is 10.7. The van der Waals surface area contributed by atoms with Gasteiger partial charge in [-0.25, -0.2) is 4.79 Å². The van der Waals surface area contributed by atoms with E-state index in [1.165, 1.54) is 11.3 Å². The van der Waals surface area contributed by atoms with Crippen molar-refractivity contribution in [2.24, 2.45) is 0 Å². The molecule has 0 spiro atoms. The molecule has 0 atom stereocenters. The highest BCUT2D eigenvalue weighted by molar-refractivity contribution is 7.20. The molecule has 5 nitrogen and oxygen atoms in total. The molecule has 3 rings (SSSR count). The van der Waals surface area contributed by atoms with Crippen molar-refractivity contribution in [1.82, 2.24) is 9.78 Å². The van der Waals surface area contributed by atoms with E-state index in [0.717, 1.165) is 21.5 Å². The highest BCUT2D eigenvalue weighted by Crippen LogP contribution is 2.30. The zero-order valence-corrected chi connectivity index (χ0v) is 13.8. The summed E-state index contributed by atoms with van der Waals surface area (Å²) >= 11 is 7.50. The monoisotopic (exact) mass is 345 g/mol. The van der Waals surface area contributed by atoms with E-state index in [9.17, 15) is 4.79 Å². The molecule has 0 fully saturated rings. The zero-order chi connectivity index (χ0) is 16.4. The summed E-state index contributed by atoms with van der Waals surface area (Å²) in [6.45, 7) is 2.16. The first-order valence-electron chi connectivity index (χ1n) is 6.84. The Bertz CT molecular complexity index is 923. The third-order valence-corrected chi connectivity index (χ3v) is 4.85. The van der Waals surface area contributed by atoms with Crippen LogP contribution in [0.15, 0.2) is 30.3 Å². The second kappa shape index (κ2) is 6.41. The summed E-state index contributed by atoms with van der Waals surface area (Å²) in [6, 6.07) is 11.1. The molecule has 0 N–H and O–H groups in total. The minimum Gasteiger partial charge on any atom is -0.446 e. The van der Waals surface area contributed by atoms with E-state index in [1.807, 2.05) is 35.9 Å². The summed E-state index contributed by atoms with van der Waals surface area (Å²) in [6.07, 6.45) is 0. The Hall–Kier alpha value is -2.36. The second-order valence-electron chi connectivity index (χ2n) is 4.90. The van der Waals surface area contributed by atoms with Crippen LogP contribution < -0.4 is 0 Å². The van der Waals surface area contributed by atoms with Crippen LogP contribution in [0.2, 0.25) is 5.02 Å². The number of aryl methyl sites for hydroxylation is 1. The molecule has 3 aromatic rings. The molecule has 0 aliphatic heterocycles. The van der Waals surface area contributed by atoms with Crippen molar-refractivity contribution in [3.05, 3.63) is 51.5 Å². The van der Waals surface area contributed by atoms with Gasteiger partial charge in [-0.1, -0.05) is 29.8 Å². The number of rotatable bonds is 4. The number of fused-ring (bicyclic) bond motifs is 1. The smallest absolute Gasteiger partial charge is 0.349 e. The van der Waals surface area contributed by atoms with E-state index in [2.05, 4.69) is 5.10 Å². The van der Waals surface area contributed by atoms with Crippen LogP contribution in [0.25, 0.3) is 10.2 Å². The molecule has 7 heteroatoms. The number of carbonyl (C=O) groups is 1. The summed E-state index contributed by atoms with van der Waals surface area (Å²) in [5.74, 6) is -0.489. The lowest BCUT2D eigenvalue weighted by Crippen LogP contribution is -2.03. The maximum atomic E-state index is 11.9. The van der Waals surface area contributed by atoms with Crippen LogP contribution in [0.1, 0.15) is 20.9 Å². The number of carbonyl (C=O) groups excluding carboxylic acids is 1. The maximum absolute atomic E-state index is 11.9. The number of halogens is 1. The Morgan fingerprint density at radius 1 is 1.48 bits per heavy atom. The van der Waals surface area contributed by atoms with Crippen LogP contribution in [0.5, 0.6) is 0 Å². The fourth-order valence-corrected chi connectivity index (χ4v) is 3.53. The fourth-order valence-electron chi connectivity index (χ4n) is 2.28. The van der Waals surface area contributed by atoms with Gasteiger partial charge in [0.1, 0.15) is 15.8 Å². The highest BCUT2D eigenvalue weighted by Gasteiger charge is 2.17. The minimum atomic E-state index is -0.489. The van der Waals surface area contributed by atoms with Crippen molar-refractivity contribution in [3.8, 4) is 6.07 Å². The summed E-state index contributed by atoms with van der Waals surface area (Å²) < 4.78 is 6.68. The van der Waals surface area contributed by atoms with Crippen molar-refractivity contribution in [3.63, 3.8) is 0 Å². The largest absolute Gasteiger partial charge is 0.446 e. The Labute approximate surface area is 141 Å². The lowest BCUT2D eigenvalue weighted by molar-refractivity contribution is 0.0561. The average molecular weight is 346 g/mol. The quantitative estimate of drug-likeness (QED) is 0.675. The van der Waals surface area contributed by atoms with Gasteiger partial charge in [-0.3, -0.25) is 4.68 Å². The van der Waals surface area contributed by atoms with Crippen molar-refractivity contribution in [2.45, 2.75) is 13.5 Å². The van der Waals surface area contributed by atoms with Gasteiger partial charge in [0.05, 0.1) is 12.2 Å². The molecule has 0 aliphatic carbocycles. The van der Waals surface area contributed by atoms with Gasteiger partial charge in [0.15, 0.2) is 6.61 Å². The summed E-state index contributed by atoms with van der Waals surface area (Å²) in [4.78, 5) is 13.2.